The molecule has 0 saturated carbocycles. The summed E-state index contributed by atoms with van der Waals surface area (Å²) >= 11 is 0. The highest BCUT2D eigenvalue weighted by Crippen LogP contribution is 2.40. The van der Waals surface area contributed by atoms with Gasteiger partial charge in [0.15, 0.2) is 0 Å². The molecule has 2 aliphatic rings. The molecule has 188 valence electrons. The second kappa shape index (κ2) is 9.52. The number of methoxy groups -OCH3 is 2. The van der Waals surface area contributed by atoms with Gasteiger partial charge in [-0.05, 0) is 42.7 Å². The molecule has 3 amide bonds. The fraction of sp³-hybridized carbons (Fsp3) is 0.385. The van der Waals surface area contributed by atoms with Gasteiger partial charge in [-0.1, -0.05) is 12.1 Å². The van der Waals surface area contributed by atoms with Crippen LogP contribution >= 0.6 is 0 Å². The Hall–Kier alpha value is -4.08. The normalized spacial score (nSPS) is 17.1. The van der Waals surface area contributed by atoms with Crippen LogP contribution in [0.3, 0.4) is 0 Å². The Morgan fingerprint density at radius 1 is 1.14 bits per heavy atom. The van der Waals surface area contributed by atoms with Crippen molar-refractivity contribution in [1.82, 2.24) is 25.0 Å². The number of hydrogen-bond donors (Lipinski definition) is 1. The topological polar surface area (TPSA) is 104 Å². The van der Waals surface area contributed by atoms with E-state index in [0.717, 1.165) is 22.4 Å². The van der Waals surface area contributed by atoms with Gasteiger partial charge in [-0.25, -0.2) is 4.79 Å². The van der Waals surface area contributed by atoms with Crippen LogP contribution in [0.15, 0.2) is 48.8 Å². The van der Waals surface area contributed by atoms with E-state index in [-0.39, 0.29) is 11.9 Å². The Morgan fingerprint density at radius 2 is 1.94 bits per heavy atom. The van der Waals surface area contributed by atoms with Gasteiger partial charge in [0.2, 0.25) is 11.8 Å². The van der Waals surface area contributed by atoms with Gasteiger partial charge < -0.3 is 19.3 Å². The predicted molar refractivity (Wildman–Crippen MR) is 134 cm³/mol. The van der Waals surface area contributed by atoms with Gasteiger partial charge in [0.05, 0.1) is 32.5 Å². The first-order chi connectivity index (χ1) is 17.4. The molecule has 4 heterocycles. The Kier molecular flexibility index (Phi) is 6.26. The van der Waals surface area contributed by atoms with Gasteiger partial charge in [-0.2, -0.15) is 10.1 Å². The van der Waals surface area contributed by atoms with Gasteiger partial charge in [-0.15, -0.1) is 0 Å². The van der Waals surface area contributed by atoms with Gasteiger partial charge in [0.25, 0.3) is 0 Å². The fourth-order valence-electron chi connectivity index (χ4n) is 5.18. The van der Waals surface area contributed by atoms with Crippen LogP contribution in [0.25, 0.3) is 11.1 Å². The number of carbonyl (C=O) groups is 2. The van der Waals surface area contributed by atoms with Crippen molar-refractivity contribution >= 4 is 17.8 Å². The minimum absolute atomic E-state index is 0.0617. The number of benzene rings is 1. The zero-order valence-electron chi connectivity index (χ0n) is 20.7. The van der Waals surface area contributed by atoms with Crippen molar-refractivity contribution in [3.63, 3.8) is 0 Å². The molecule has 36 heavy (non-hydrogen) atoms. The number of anilines is 1. The van der Waals surface area contributed by atoms with Crippen molar-refractivity contribution in [3.8, 4) is 22.8 Å². The average Bonchev–Trinajstić information content (AvgIpc) is 3.52. The molecule has 1 N–H and O–H groups in total. The van der Waals surface area contributed by atoms with Crippen molar-refractivity contribution in [3.05, 3.63) is 54.4 Å². The minimum Gasteiger partial charge on any atom is -0.497 e. The van der Waals surface area contributed by atoms with E-state index >= 15 is 0 Å². The average molecular weight is 491 g/mol. The largest absolute Gasteiger partial charge is 0.497 e. The SMILES string of the molecule is COc1cccc(CN2C(=O)N(c3ccc(-c4cn[nH]c4)c(OC)n3)CC23CCN(C(C)=O)CC3)c1. The number of rotatable bonds is 6. The third-order valence-electron chi connectivity index (χ3n) is 7.23. The van der Waals surface area contributed by atoms with E-state index in [9.17, 15) is 9.59 Å². The summed E-state index contributed by atoms with van der Waals surface area (Å²) in [7, 11) is 3.20. The van der Waals surface area contributed by atoms with Crippen molar-refractivity contribution < 1.29 is 19.1 Å². The Balaban J connectivity index is 1.48. The predicted octanol–water partition coefficient (Wildman–Crippen LogP) is 3.31. The van der Waals surface area contributed by atoms with Gasteiger partial charge in [0, 0.05) is 43.9 Å². The number of hydrogen-bond acceptors (Lipinski definition) is 6. The van der Waals surface area contributed by atoms with Crippen molar-refractivity contribution in [2.75, 3.05) is 38.8 Å². The molecule has 2 saturated heterocycles. The van der Waals surface area contributed by atoms with Crippen molar-refractivity contribution in [2.24, 2.45) is 0 Å². The lowest BCUT2D eigenvalue weighted by Crippen LogP contribution is -2.54. The quantitative estimate of drug-likeness (QED) is 0.569. The Labute approximate surface area is 209 Å². The van der Waals surface area contributed by atoms with Crippen LogP contribution in [-0.2, 0) is 11.3 Å². The molecule has 1 aromatic carbocycles. The number of nitrogens with zero attached hydrogens (tertiary/aromatic N) is 5. The molecule has 0 atom stereocenters. The second-order valence-electron chi connectivity index (χ2n) is 9.25. The highest BCUT2D eigenvalue weighted by molar-refractivity contribution is 5.95. The van der Waals surface area contributed by atoms with Crippen LogP contribution in [0.1, 0.15) is 25.3 Å². The monoisotopic (exact) mass is 490 g/mol. The Bertz CT molecular complexity index is 1250. The smallest absolute Gasteiger partial charge is 0.326 e. The summed E-state index contributed by atoms with van der Waals surface area (Å²) in [4.78, 5) is 36.1. The van der Waals surface area contributed by atoms with E-state index < -0.39 is 5.54 Å². The molecule has 0 radical (unpaired) electrons. The van der Waals surface area contributed by atoms with Crippen molar-refractivity contribution in [1.29, 1.82) is 0 Å². The molecule has 3 aromatic rings. The Morgan fingerprint density at radius 3 is 2.61 bits per heavy atom. The maximum atomic E-state index is 13.9. The highest BCUT2D eigenvalue weighted by Gasteiger charge is 2.51. The molecule has 2 aromatic heterocycles. The number of carbonyl (C=O) groups excluding carboxylic acids is 2. The molecule has 0 unspecified atom stereocenters. The zero-order valence-corrected chi connectivity index (χ0v) is 20.7. The van der Waals surface area contributed by atoms with Crippen LogP contribution in [0.5, 0.6) is 11.6 Å². The molecule has 0 bridgehead atoms. The van der Waals surface area contributed by atoms with Crippen LogP contribution in [0, 0.1) is 0 Å². The van der Waals surface area contributed by atoms with E-state index in [1.807, 2.05) is 46.2 Å². The number of H-pyrrole nitrogens is 1. The van der Waals surface area contributed by atoms with Crippen LogP contribution in [0.4, 0.5) is 10.6 Å². The summed E-state index contributed by atoms with van der Waals surface area (Å²) in [5.74, 6) is 1.77. The number of likely N-dealkylation sites (tertiary alicyclic amines) is 1. The van der Waals surface area contributed by atoms with Crippen LogP contribution in [0.2, 0.25) is 0 Å². The summed E-state index contributed by atoms with van der Waals surface area (Å²) in [6.45, 7) is 3.75. The van der Waals surface area contributed by atoms with E-state index in [1.165, 1.54) is 0 Å². The maximum Gasteiger partial charge on any atom is 0.326 e. The number of piperidine rings is 1. The molecule has 0 aliphatic carbocycles. The number of nitrogens with one attached hydrogen (secondary N) is 1. The molecular weight excluding hydrogens is 460 g/mol. The van der Waals surface area contributed by atoms with Gasteiger partial charge >= 0.3 is 6.03 Å². The number of urea groups is 1. The molecule has 5 rings (SSSR count). The molecule has 1 spiro atoms. The van der Waals surface area contributed by atoms with E-state index in [2.05, 4.69) is 10.2 Å². The summed E-state index contributed by atoms with van der Waals surface area (Å²) in [6, 6.07) is 11.4. The summed E-state index contributed by atoms with van der Waals surface area (Å²) in [6.07, 6.45) is 4.87. The van der Waals surface area contributed by atoms with E-state index in [1.54, 1.807) is 38.4 Å². The molecule has 10 heteroatoms. The summed E-state index contributed by atoms with van der Waals surface area (Å²) < 4.78 is 11.0. The standard InChI is InChI=1S/C26H30N6O4/c1-18(33)30-11-9-26(10-12-30)17-31(25(34)32(26)16-19-5-4-6-21(13-19)35-2)23-8-7-22(24(29-23)36-3)20-14-27-28-15-20/h4-8,13-15H,9-12,16-17H2,1-3H3,(H,27,28). The molecular formula is C26H30N6O4. The lowest BCUT2D eigenvalue weighted by Gasteiger charge is -2.43. The first-order valence-electron chi connectivity index (χ1n) is 12.0. The van der Waals surface area contributed by atoms with E-state index in [4.69, 9.17) is 14.5 Å². The molecule has 2 fully saturated rings. The number of ether oxygens (including phenoxy) is 2. The van der Waals surface area contributed by atoms with E-state index in [0.29, 0.717) is 50.7 Å². The summed E-state index contributed by atoms with van der Waals surface area (Å²) in [5, 5.41) is 6.81. The van der Waals surface area contributed by atoms with Crippen molar-refractivity contribution in [2.45, 2.75) is 31.8 Å². The third kappa shape index (κ3) is 4.23. The maximum absolute atomic E-state index is 13.9. The lowest BCUT2D eigenvalue weighted by atomic mass is 9.86. The van der Waals surface area contributed by atoms with Gasteiger partial charge in [0.1, 0.15) is 11.6 Å². The van der Waals surface area contributed by atoms with Gasteiger partial charge in [-0.3, -0.25) is 14.8 Å². The fourth-order valence-corrected chi connectivity index (χ4v) is 5.18. The second-order valence-corrected chi connectivity index (χ2v) is 9.25. The zero-order chi connectivity index (χ0) is 25.3. The highest BCUT2D eigenvalue weighted by atomic mass is 16.5. The first-order valence-corrected chi connectivity index (χ1v) is 12.0. The van der Waals surface area contributed by atoms with Crippen LogP contribution < -0.4 is 14.4 Å². The first kappa shape index (κ1) is 23.7. The minimum atomic E-state index is -0.412. The number of pyridine rings is 1. The lowest BCUT2D eigenvalue weighted by molar-refractivity contribution is -0.131. The molecule has 10 nitrogen and oxygen atoms in total. The number of aromatic amines is 1. The number of amides is 3. The number of aromatic nitrogens is 3. The molecule has 2 aliphatic heterocycles. The summed E-state index contributed by atoms with van der Waals surface area (Å²) in [5.41, 5.74) is 2.22. The third-order valence-corrected chi connectivity index (χ3v) is 7.23. The van der Waals surface area contributed by atoms with Crippen LogP contribution in [-0.4, -0.2) is 76.3 Å².